The molecule has 132 valence electrons. The number of hydrogen-bond donors (Lipinski definition) is 2. The van der Waals surface area contributed by atoms with Crippen LogP contribution >= 0.6 is 0 Å². The lowest BCUT2D eigenvalue weighted by Gasteiger charge is -2.22. The monoisotopic (exact) mass is 330 g/mol. The highest BCUT2D eigenvalue weighted by atomic mass is 16.2. The lowest BCUT2D eigenvalue weighted by Crippen LogP contribution is -2.42. The van der Waals surface area contributed by atoms with E-state index in [2.05, 4.69) is 34.9 Å². The third-order valence-electron chi connectivity index (χ3n) is 5.69. The second-order valence-corrected chi connectivity index (χ2v) is 7.61. The Hall–Kier alpha value is -1.58. The zero-order valence-corrected chi connectivity index (χ0v) is 14.5. The van der Waals surface area contributed by atoms with E-state index < -0.39 is 0 Å². The van der Waals surface area contributed by atoms with Gasteiger partial charge >= 0.3 is 0 Å². The number of carbonyl (C=O) groups excluding carboxylic acids is 2. The smallest absolute Gasteiger partial charge is 0.220 e. The van der Waals surface area contributed by atoms with Crippen LogP contribution in [0.15, 0.2) is 24.3 Å². The van der Waals surface area contributed by atoms with Crippen molar-refractivity contribution in [3.05, 3.63) is 24.3 Å². The van der Waals surface area contributed by atoms with Gasteiger partial charge in [0.05, 0.1) is 0 Å². The first-order chi connectivity index (χ1) is 11.7. The molecule has 3 rings (SSSR count). The topological polar surface area (TPSA) is 58.2 Å². The average molecular weight is 330 g/mol. The molecule has 0 aliphatic heterocycles. The highest BCUT2D eigenvalue weighted by Gasteiger charge is 2.29. The highest BCUT2D eigenvalue weighted by molar-refractivity contribution is 5.77. The summed E-state index contributed by atoms with van der Waals surface area (Å²) >= 11 is 0. The molecule has 2 amide bonds. The minimum atomic E-state index is 0.152. The Morgan fingerprint density at radius 3 is 2.17 bits per heavy atom. The van der Waals surface area contributed by atoms with Crippen molar-refractivity contribution >= 4 is 11.8 Å². The van der Waals surface area contributed by atoms with Crippen molar-refractivity contribution in [1.82, 2.24) is 10.6 Å². The summed E-state index contributed by atoms with van der Waals surface area (Å²) in [6.07, 6.45) is 17.6. The molecule has 0 aromatic heterocycles. The molecule has 0 spiro atoms. The number of nitrogens with one attached hydrogen (secondary N) is 2. The van der Waals surface area contributed by atoms with Crippen molar-refractivity contribution in [3.63, 3.8) is 0 Å². The van der Waals surface area contributed by atoms with Crippen LogP contribution in [0.3, 0.4) is 0 Å². The van der Waals surface area contributed by atoms with E-state index in [4.69, 9.17) is 0 Å². The summed E-state index contributed by atoms with van der Waals surface area (Å²) in [5, 5.41) is 6.31. The Bertz CT molecular complexity index is 512. The molecular formula is C20H30N2O2. The van der Waals surface area contributed by atoms with E-state index in [1.54, 1.807) is 0 Å². The summed E-state index contributed by atoms with van der Waals surface area (Å²) in [5.41, 5.74) is 0. The van der Waals surface area contributed by atoms with Gasteiger partial charge in [0.1, 0.15) is 0 Å². The molecule has 0 heterocycles. The fourth-order valence-electron chi connectivity index (χ4n) is 4.26. The third-order valence-corrected chi connectivity index (χ3v) is 5.69. The van der Waals surface area contributed by atoms with Crippen molar-refractivity contribution in [2.75, 3.05) is 6.54 Å². The van der Waals surface area contributed by atoms with Crippen LogP contribution in [0.4, 0.5) is 0 Å². The van der Waals surface area contributed by atoms with E-state index in [1.807, 2.05) is 0 Å². The highest BCUT2D eigenvalue weighted by Crippen LogP contribution is 2.26. The van der Waals surface area contributed by atoms with Crippen LogP contribution in [0.2, 0.25) is 0 Å². The maximum Gasteiger partial charge on any atom is 0.220 e. The maximum absolute atomic E-state index is 12.2. The SMILES string of the molecule is O=C(C[C@@H]1C=CCC1)NC[C@@H]1CCC[C@H]1NC(=O)C[C@@H]1C=CCC1. The Morgan fingerprint density at radius 2 is 1.54 bits per heavy atom. The van der Waals surface area contributed by atoms with E-state index >= 15 is 0 Å². The van der Waals surface area contributed by atoms with E-state index in [1.165, 1.54) is 0 Å². The van der Waals surface area contributed by atoms with Crippen molar-refractivity contribution < 1.29 is 9.59 Å². The predicted molar refractivity (Wildman–Crippen MR) is 95.2 cm³/mol. The van der Waals surface area contributed by atoms with Gasteiger partial charge in [0, 0.05) is 25.4 Å². The first kappa shape index (κ1) is 17.2. The molecule has 0 radical (unpaired) electrons. The van der Waals surface area contributed by atoms with E-state index in [-0.39, 0.29) is 17.9 Å². The second kappa shape index (κ2) is 8.50. The zero-order chi connectivity index (χ0) is 16.8. The first-order valence-corrected chi connectivity index (χ1v) is 9.60. The molecule has 0 aromatic rings. The minimum absolute atomic E-state index is 0.152. The fraction of sp³-hybridized carbons (Fsp3) is 0.700. The average Bonchev–Trinajstić information content (AvgIpc) is 3.28. The first-order valence-electron chi connectivity index (χ1n) is 9.60. The third kappa shape index (κ3) is 4.96. The van der Waals surface area contributed by atoms with Gasteiger partial charge in [-0.1, -0.05) is 30.7 Å². The summed E-state index contributed by atoms with van der Waals surface area (Å²) in [6, 6.07) is 0.231. The number of carbonyl (C=O) groups is 2. The molecule has 4 atom stereocenters. The summed E-state index contributed by atoms with van der Waals surface area (Å²) < 4.78 is 0. The maximum atomic E-state index is 12.2. The Labute approximate surface area is 145 Å². The Balaban J connectivity index is 1.38. The summed E-state index contributed by atoms with van der Waals surface area (Å²) in [6.45, 7) is 0.698. The molecule has 0 aromatic carbocycles. The standard InChI is InChI=1S/C20H30N2O2/c23-19(12-15-6-1-2-7-15)21-14-17-10-5-11-18(17)22-20(24)13-16-8-3-4-9-16/h1,3,6,8,15-18H,2,4-5,7,9-14H2,(H,21,23)(H,22,24)/t15-,16-,17+,18-/m1/s1. The molecule has 3 aliphatic rings. The number of amides is 2. The molecule has 4 heteroatoms. The molecule has 2 N–H and O–H groups in total. The van der Waals surface area contributed by atoms with Crippen LogP contribution in [-0.4, -0.2) is 24.4 Å². The van der Waals surface area contributed by atoms with Crippen LogP contribution in [0.5, 0.6) is 0 Å². The van der Waals surface area contributed by atoms with Crippen molar-refractivity contribution in [2.24, 2.45) is 17.8 Å². The van der Waals surface area contributed by atoms with Crippen molar-refractivity contribution in [2.45, 2.75) is 63.8 Å². The van der Waals surface area contributed by atoms with Gasteiger partial charge < -0.3 is 10.6 Å². The normalized spacial score (nSPS) is 31.5. The van der Waals surface area contributed by atoms with E-state index in [0.29, 0.717) is 37.1 Å². The molecule has 1 saturated carbocycles. The second-order valence-electron chi connectivity index (χ2n) is 7.61. The van der Waals surface area contributed by atoms with Crippen LogP contribution in [0.25, 0.3) is 0 Å². The van der Waals surface area contributed by atoms with Gasteiger partial charge in [-0.05, 0) is 56.3 Å². The molecule has 0 saturated heterocycles. The summed E-state index contributed by atoms with van der Waals surface area (Å²) in [5.74, 6) is 1.55. The summed E-state index contributed by atoms with van der Waals surface area (Å²) in [4.78, 5) is 24.3. The van der Waals surface area contributed by atoms with Gasteiger partial charge in [0.2, 0.25) is 11.8 Å². The van der Waals surface area contributed by atoms with Gasteiger partial charge in [0.25, 0.3) is 0 Å². The van der Waals surface area contributed by atoms with E-state index in [9.17, 15) is 9.59 Å². The van der Waals surface area contributed by atoms with Gasteiger partial charge in [-0.3, -0.25) is 9.59 Å². The Morgan fingerprint density at radius 1 is 0.875 bits per heavy atom. The molecule has 0 unspecified atom stereocenters. The van der Waals surface area contributed by atoms with Crippen molar-refractivity contribution in [3.8, 4) is 0 Å². The van der Waals surface area contributed by atoms with Crippen LogP contribution < -0.4 is 10.6 Å². The molecular weight excluding hydrogens is 300 g/mol. The fourth-order valence-corrected chi connectivity index (χ4v) is 4.26. The number of allylic oxidation sites excluding steroid dienone is 4. The summed E-state index contributed by atoms with van der Waals surface area (Å²) in [7, 11) is 0. The van der Waals surface area contributed by atoms with Crippen LogP contribution in [-0.2, 0) is 9.59 Å². The molecule has 24 heavy (non-hydrogen) atoms. The minimum Gasteiger partial charge on any atom is -0.356 e. The van der Waals surface area contributed by atoms with E-state index in [0.717, 1.165) is 44.9 Å². The quantitative estimate of drug-likeness (QED) is 0.705. The molecule has 0 bridgehead atoms. The van der Waals surface area contributed by atoms with Crippen molar-refractivity contribution in [1.29, 1.82) is 0 Å². The zero-order valence-electron chi connectivity index (χ0n) is 14.5. The van der Waals surface area contributed by atoms with Gasteiger partial charge in [-0.2, -0.15) is 0 Å². The largest absolute Gasteiger partial charge is 0.356 e. The Kier molecular flexibility index (Phi) is 6.11. The lowest BCUT2D eigenvalue weighted by atomic mass is 10.0. The number of hydrogen-bond acceptors (Lipinski definition) is 2. The van der Waals surface area contributed by atoms with Gasteiger partial charge in [-0.15, -0.1) is 0 Å². The van der Waals surface area contributed by atoms with Gasteiger partial charge in [0.15, 0.2) is 0 Å². The number of rotatable bonds is 7. The van der Waals surface area contributed by atoms with Crippen LogP contribution in [0, 0.1) is 17.8 Å². The van der Waals surface area contributed by atoms with Crippen LogP contribution in [0.1, 0.15) is 57.8 Å². The van der Waals surface area contributed by atoms with Gasteiger partial charge in [-0.25, -0.2) is 0 Å². The molecule has 1 fully saturated rings. The predicted octanol–water partition coefficient (Wildman–Crippen LogP) is 3.10. The lowest BCUT2D eigenvalue weighted by molar-refractivity contribution is -0.122. The molecule has 4 nitrogen and oxygen atoms in total. The molecule has 3 aliphatic carbocycles.